The number of halogens is 1. The lowest BCUT2D eigenvalue weighted by Crippen LogP contribution is -2.39. The van der Waals surface area contributed by atoms with Gasteiger partial charge in [-0.3, -0.25) is 4.79 Å². The molecule has 0 aliphatic heterocycles. The molecule has 7 heteroatoms. The summed E-state index contributed by atoms with van der Waals surface area (Å²) in [4.78, 5) is 11.7. The molecule has 0 fully saturated rings. The first-order valence-electron chi connectivity index (χ1n) is 6.23. The maximum absolute atomic E-state index is 13.7. The third-order valence-electron chi connectivity index (χ3n) is 2.52. The third kappa shape index (κ3) is 4.92. The average molecular weight is 283 g/mol. The summed E-state index contributed by atoms with van der Waals surface area (Å²) in [6, 6.07) is 2.76. The lowest BCUT2D eigenvalue weighted by atomic mass is 9.79. The molecular formula is C13H19BFNO4. The van der Waals surface area contributed by atoms with Crippen molar-refractivity contribution in [3.05, 3.63) is 29.6 Å². The summed E-state index contributed by atoms with van der Waals surface area (Å²) in [7, 11) is -1.74. The maximum atomic E-state index is 13.7. The van der Waals surface area contributed by atoms with Gasteiger partial charge in [0.05, 0.1) is 0 Å². The minimum Gasteiger partial charge on any atom is -0.459 e. The van der Waals surface area contributed by atoms with Gasteiger partial charge in [0.15, 0.2) is 0 Å². The first kappa shape index (κ1) is 16.6. The summed E-state index contributed by atoms with van der Waals surface area (Å²) in [5.41, 5.74) is 5.28. The number of carbonyl (C=O) groups excluding carboxylic acids is 1. The van der Waals surface area contributed by atoms with Crippen molar-refractivity contribution in [2.75, 3.05) is 0 Å². The number of rotatable bonds is 4. The molecule has 0 radical (unpaired) electrons. The lowest BCUT2D eigenvalue weighted by Gasteiger charge is -2.22. The predicted molar refractivity (Wildman–Crippen MR) is 73.8 cm³/mol. The molecule has 20 heavy (non-hydrogen) atoms. The van der Waals surface area contributed by atoms with Crippen LogP contribution in [0.3, 0.4) is 0 Å². The van der Waals surface area contributed by atoms with Gasteiger partial charge in [-0.15, -0.1) is 0 Å². The van der Waals surface area contributed by atoms with Crippen LogP contribution in [0.5, 0.6) is 0 Å². The van der Waals surface area contributed by atoms with Crippen molar-refractivity contribution >= 4 is 18.6 Å². The number of esters is 1. The molecule has 1 rings (SSSR count). The third-order valence-corrected chi connectivity index (χ3v) is 2.52. The van der Waals surface area contributed by atoms with Crippen molar-refractivity contribution in [3.63, 3.8) is 0 Å². The molecule has 4 N–H and O–H groups in total. The fourth-order valence-corrected chi connectivity index (χ4v) is 1.59. The smallest absolute Gasteiger partial charge is 0.459 e. The van der Waals surface area contributed by atoms with E-state index in [1.165, 1.54) is 12.1 Å². The summed E-state index contributed by atoms with van der Waals surface area (Å²) in [6.07, 6.45) is -0.0252. The number of nitrogens with two attached hydrogens (primary N) is 1. The summed E-state index contributed by atoms with van der Waals surface area (Å²) >= 11 is 0. The molecule has 5 nitrogen and oxygen atoms in total. The van der Waals surface area contributed by atoms with E-state index in [4.69, 9.17) is 20.5 Å². The van der Waals surface area contributed by atoms with Gasteiger partial charge in [0.1, 0.15) is 17.5 Å². The SMILES string of the molecule is CC(C)(C)OC(=O)[C@@H](N)Cc1ccc(B(O)O)cc1F. The van der Waals surface area contributed by atoms with E-state index in [1.807, 2.05) is 0 Å². The standard InChI is InChI=1S/C13H19BFNO4/c1-13(2,3)20-12(17)11(16)6-8-4-5-9(14(18)19)7-10(8)15/h4-5,7,11,18-19H,6,16H2,1-3H3/t11-/m0/s1. The Bertz CT molecular complexity index is 488. The zero-order valence-electron chi connectivity index (χ0n) is 11.8. The Morgan fingerprint density at radius 1 is 1.45 bits per heavy atom. The molecule has 0 saturated carbocycles. The Labute approximate surface area is 117 Å². The highest BCUT2D eigenvalue weighted by molar-refractivity contribution is 6.58. The molecule has 0 bridgehead atoms. The minimum absolute atomic E-state index is 0.0252. The first-order valence-corrected chi connectivity index (χ1v) is 6.23. The highest BCUT2D eigenvalue weighted by Gasteiger charge is 2.23. The van der Waals surface area contributed by atoms with Crippen LogP contribution in [0, 0.1) is 5.82 Å². The van der Waals surface area contributed by atoms with Gasteiger partial charge in [-0.1, -0.05) is 12.1 Å². The zero-order chi connectivity index (χ0) is 15.5. The molecule has 1 aromatic rings. The molecule has 0 aliphatic carbocycles. The predicted octanol–water partition coefficient (Wildman–Crippen LogP) is -0.283. The molecule has 0 saturated heterocycles. The van der Waals surface area contributed by atoms with Crippen molar-refractivity contribution in [3.8, 4) is 0 Å². The van der Waals surface area contributed by atoms with E-state index in [2.05, 4.69) is 0 Å². The Hall–Kier alpha value is -1.44. The summed E-state index contributed by atoms with van der Waals surface area (Å²) in [5.74, 6) is -1.25. The van der Waals surface area contributed by atoms with E-state index in [-0.39, 0.29) is 17.4 Å². The second-order valence-electron chi connectivity index (χ2n) is 5.57. The highest BCUT2D eigenvalue weighted by atomic mass is 19.1. The van der Waals surface area contributed by atoms with Crippen molar-refractivity contribution in [1.82, 2.24) is 0 Å². The van der Waals surface area contributed by atoms with Crippen LogP contribution in [-0.4, -0.2) is 34.8 Å². The van der Waals surface area contributed by atoms with Crippen molar-refractivity contribution < 1.29 is 24.0 Å². The average Bonchev–Trinajstić information content (AvgIpc) is 2.29. The minimum atomic E-state index is -1.74. The van der Waals surface area contributed by atoms with Crippen LogP contribution < -0.4 is 11.2 Å². The van der Waals surface area contributed by atoms with Gasteiger partial charge < -0.3 is 20.5 Å². The van der Waals surface area contributed by atoms with E-state index in [1.54, 1.807) is 20.8 Å². The largest absolute Gasteiger partial charge is 0.488 e. The van der Waals surface area contributed by atoms with E-state index < -0.39 is 30.5 Å². The molecule has 0 unspecified atom stereocenters. The maximum Gasteiger partial charge on any atom is 0.488 e. The molecule has 1 aromatic carbocycles. The quantitative estimate of drug-likeness (QED) is 0.522. The lowest BCUT2D eigenvalue weighted by molar-refractivity contribution is -0.156. The van der Waals surface area contributed by atoms with Crippen LogP contribution in [0.1, 0.15) is 26.3 Å². The Balaban J connectivity index is 2.76. The number of benzene rings is 1. The molecule has 0 heterocycles. The van der Waals surface area contributed by atoms with Crippen molar-refractivity contribution in [2.45, 2.75) is 38.8 Å². The van der Waals surface area contributed by atoms with Crippen LogP contribution in [0.4, 0.5) is 4.39 Å². The van der Waals surface area contributed by atoms with Gasteiger partial charge in [0, 0.05) is 6.42 Å². The number of carbonyl (C=O) groups is 1. The summed E-state index contributed by atoms with van der Waals surface area (Å²) in [5, 5.41) is 17.9. The normalized spacial score (nSPS) is 12.9. The topological polar surface area (TPSA) is 92.8 Å². The molecule has 1 atom stereocenters. The van der Waals surface area contributed by atoms with Gasteiger partial charge in [0.25, 0.3) is 0 Å². The first-order chi connectivity index (χ1) is 9.10. The summed E-state index contributed by atoms with van der Waals surface area (Å²) < 4.78 is 18.8. The molecule has 0 aliphatic rings. The number of ether oxygens (including phenoxy) is 1. The number of hydrogen-bond donors (Lipinski definition) is 3. The fourth-order valence-electron chi connectivity index (χ4n) is 1.59. The van der Waals surface area contributed by atoms with Crippen LogP contribution in [0.15, 0.2) is 18.2 Å². The van der Waals surface area contributed by atoms with Crippen LogP contribution in [0.25, 0.3) is 0 Å². The van der Waals surface area contributed by atoms with E-state index in [0.29, 0.717) is 0 Å². The van der Waals surface area contributed by atoms with Gasteiger partial charge in [-0.25, -0.2) is 4.39 Å². The Kier molecular flexibility index (Phi) is 5.27. The number of hydrogen-bond acceptors (Lipinski definition) is 5. The second-order valence-corrected chi connectivity index (χ2v) is 5.57. The molecule has 0 aromatic heterocycles. The monoisotopic (exact) mass is 283 g/mol. The summed E-state index contributed by atoms with van der Waals surface area (Å²) in [6.45, 7) is 5.15. The molecular weight excluding hydrogens is 264 g/mol. The Morgan fingerprint density at radius 3 is 2.50 bits per heavy atom. The van der Waals surface area contributed by atoms with Crippen molar-refractivity contribution in [1.29, 1.82) is 0 Å². The van der Waals surface area contributed by atoms with Gasteiger partial charge in [-0.2, -0.15) is 0 Å². The fraction of sp³-hybridized carbons (Fsp3) is 0.462. The molecule has 110 valence electrons. The van der Waals surface area contributed by atoms with Crippen LogP contribution in [0.2, 0.25) is 0 Å². The van der Waals surface area contributed by atoms with Crippen molar-refractivity contribution in [2.24, 2.45) is 5.73 Å². The second kappa shape index (κ2) is 6.34. The van der Waals surface area contributed by atoms with Gasteiger partial charge >= 0.3 is 13.1 Å². The van der Waals surface area contributed by atoms with Crippen LogP contribution >= 0.6 is 0 Å². The Morgan fingerprint density at radius 2 is 2.05 bits per heavy atom. The van der Waals surface area contributed by atoms with Gasteiger partial charge in [-0.05, 0) is 37.9 Å². The van der Waals surface area contributed by atoms with E-state index in [9.17, 15) is 9.18 Å². The highest BCUT2D eigenvalue weighted by Crippen LogP contribution is 2.12. The molecule has 0 spiro atoms. The van der Waals surface area contributed by atoms with Crippen LogP contribution in [-0.2, 0) is 16.0 Å². The van der Waals surface area contributed by atoms with E-state index in [0.717, 1.165) is 6.07 Å². The van der Waals surface area contributed by atoms with E-state index >= 15 is 0 Å². The zero-order valence-corrected chi connectivity index (χ0v) is 11.8. The van der Waals surface area contributed by atoms with Gasteiger partial charge in [0.2, 0.25) is 0 Å². The molecule has 0 amide bonds.